The van der Waals surface area contributed by atoms with Crippen molar-refractivity contribution in [1.82, 2.24) is 15.5 Å². The molecule has 346 valence electrons. The number of halogens is 2. The number of hydrogen-bond donors (Lipinski definition) is 6. The van der Waals surface area contributed by atoms with Gasteiger partial charge in [-0.1, -0.05) is 31.2 Å². The van der Waals surface area contributed by atoms with Gasteiger partial charge in [0.15, 0.2) is 23.5 Å². The molecule has 3 fully saturated rings. The third kappa shape index (κ3) is 8.79. The largest absolute Gasteiger partial charge is 0.457 e. The van der Waals surface area contributed by atoms with Crippen LogP contribution in [0.5, 0.6) is 11.5 Å². The number of aliphatic hydroxyl groups excluding tert-OH is 3. The van der Waals surface area contributed by atoms with Gasteiger partial charge in [0.25, 0.3) is 11.8 Å². The van der Waals surface area contributed by atoms with Gasteiger partial charge < -0.3 is 40.7 Å². The zero-order valence-corrected chi connectivity index (χ0v) is 36.2. The minimum absolute atomic E-state index is 0.0290. The molecule has 1 heterocycles. The number of ether oxygens (including phenoxy) is 2. The molecule has 0 saturated heterocycles. The van der Waals surface area contributed by atoms with Crippen molar-refractivity contribution in [1.29, 1.82) is 0 Å². The summed E-state index contributed by atoms with van der Waals surface area (Å²) >= 11 is 0. The van der Waals surface area contributed by atoms with Crippen LogP contribution in [0.1, 0.15) is 65.2 Å². The predicted octanol–water partition coefficient (Wildman–Crippen LogP) is 3.22. The molecule has 0 radical (unpaired) electrons. The van der Waals surface area contributed by atoms with Crippen LogP contribution in [-0.2, 0) is 38.3 Å². The number of amides is 5. The normalized spacial score (nSPS) is 31.5. The van der Waals surface area contributed by atoms with Crippen LogP contribution in [-0.4, -0.2) is 111 Å². The summed E-state index contributed by atoms with van der Waals surface area (Å²) in [4.78, 5) is 88.0. The van der Waals surface area contributed by atoms with Gasteiger partial charge in [-0.15, -0.1) is 0 Å². The molecule has 18 heteroatoms. The second kappa shape index (κ2) is 18.1. The Bertz CT molecular complexity index is 2350. The standard InChI is InChI=1S/C47H52F2N4O12/c1-24(50-38(58)15-17-53-39(59)12-13-40(53)60)42(61)51-25(2)43(62)52-27-6-5-7-30(18-27)64-29-10-8-26(9-11-29)44(63)65-36-21-31-32-20-34(48)33-19-28(55)14-16-46(33,4)47(32,49)37(57)22-45(31,3)41(36)35(56)23-54/h5-14,16,18-19,24-25,31-32,34,36-37,41,44,54,57,63H,15,17,20-23H2,1-4H3,(H,50,58)(H,51,61)(H,52,62)/t24?,25-,31-,32?,34-,36+,37?,41?,44-,45?,46?,47-/m0/s1. The molecule has 12 atom stereocenters. The third-order valence-corrected chi connectivity index (χ3v) is 13.9. The second-order valence-electron chi connectivity index (χ2n) is 17.9. The lowest BCUT2D eigenvalue weighted by atomic mass is 9.45. The molecule has 2 aromatic rings. The van der Waals surface area contributed by atoms with Crippen LogP contribution >= 0.6 is 0 Å². The van der Waals surface area contributed by atoms with Crippen LogP contribution in [0.25, 0.3) is 0 Å². The molecule has 65 heavy (non-hydrogen) atoms. The van der Waals surface area contributed by atoms with Crippen LogP contribution in [0.3, 0.4) is 0 Å². The minimum Gasteiger partial charge on any atom is -0.457 e. The number of imide groups is 1. The average Bonchev–Trinajstić information content (AvgIpc) is 3.74. The molecule has 3 saturated carbocycles. The lowest BCUT2D eigenvalue weighted by molar-refractivity contribution is -0.203. The van der Waals surface area contributed by atoms with Crippen molar-refractivity contribution in [2.24, 2.45) is 28.6 Å². The van der Waals surface area contributed by atoms with Gasteiger partial charge >= 0.3 is 0 Å². The molecule has 16 nitrogen and oxygen atoms in total. The van der Waals surface area contributed by atoms with E-state index in [-0.39, 0.29) is 43.4 Å². The third-order valence-electron chi connectivity index (χ3n) is 13.9. The summed E-state index contributed by atoms with van der Waals surface area (Å²) in [5.41, 5.74) is -4.57. The van der Waals surface area contributed by atoms with E-state index in [0.29, 0.717) is 17.2 Å². The first-order valence-electron chi connectivity index (χ1n) is 21.5. The molecule has 0 spiro atoms. The number of anilines is 1. The van der Waals surface area contributed by atoms with Gasteiger partial charge in [-0.3, -0.25) is 38.5 Å². The fourth-order valence-electron chi connectivity index (χ4n) is 10.6. The molecule has 2 aromatic carbocycles. The van der Waals surface area contributed by atoms with Gasteiger partial charge in [0.05, 0.1) is 18.1 Å². The highest BCUT2D eigenvalue weighted by Crippen LogP contribution is 2.69. The monoisotopic (exact) mass is 902 g/mol. The van der Waals surface area contributed by atoms with Crippen molar-refractivity contribution >= 4 is 46.8 Å². The first-order chi connectivity index (χ1) is 30.7. The van der Waals surface area contributed by atoms with E-state index in [4.69, 9.17) is 9.47 Å². The number of Topliss-reactive ketones (excluding diaryl/α,β-unsaturated/α-hetero) is 1. The highest BCUT2D eigenvalue weighted by molar-refractivity contribution is 6.13. The number of carbonyl (C=O) groups is 7. The van der Waals surface area contributed by atoms with E-state index < -0.39 is 119 Å². The van der Waals surface area contributed by atoms with Crippen molar-refractivity contribution in [2.75, 3.05) is 18.5 Å². The molecular formula is C47H52F2N4O12. The summed E-state index contributed by atoms with van der Waals surface area (Å²) < 4.78 is 45.7. The second-order valence-corrected chi connectivity index (χ2v) is 17.9. The number of fused-ring (bicyclic) bond motifs is 5. The molecule has 5 amide bonds. The van der Waals surface area contributed by atoms with Crippen molar-refractivity contribution in [3.8, 4) is 11.5 Å². The van der Waals surface area contributed by atoms with E-state index in [1.807, 2.05) is 0 Å². The van der Waals surface area contributed by atoms with Crippen molar-refractivity contribution in [2.45, 2.75) is 95.8 Å². The number of hydrogen-bond acceptors (Lipinski definition) is 12. The quantitative estimate of drug-likeness (QED) is 0.112. The minimum atomic E-state index is -2.39. The Balaban J connectivity index is 0.948. The molecule has 6 unspecified atom stereocenters. The Morgan fingerprint density at radius 2 is 1.58 bits per heavy atom. The lowest BCUT2D eigenvalue weighted by Gasteiger charge is -2.62. The van der Waals surface area contributed by atoms with Gasteiger partial charge in [-0.25, -0.2) is 8.78 Å². The van der Waals surface area contributed by atoms with Gasteiger partial charge in [0, 0.05) is 53.8 Å². The van der Waals surface area contributed by atoms with Crippen molar-refractivity contribution < 1.29 is 67.1 Å². The number of ketones is 2. The topological polar surface area (TPSA) is 238 Å². The fraction of sp³-hybridized carbons (Fsp3) is 0.468. The van der Waals surface area contributed by atoms with Gasteiger partial charge in [-0.05, 0) is 93.4 Å². The molecule has 5 aliphatic rings. The van der Waals surface area contributed by atoms with Gasteiger partial charge in [-0.2, -0.15) is 0 Å². The highest BCUT2D eigenvalue weighted by atomic mass is 19.1. The Hall–Kier alpha value is -5.95. The Kier molecular flexibility index (Phi) is 13.1. The van der Waals surface area contributed by atoms with Crippen LogP contribution in [0.15, 0.2) is 84.5 Å². The summed E-state index contributed by atoms with van der Waals surface area (Å²) in [7, 11) is 0. The van der Waals surface area contributed by atoms with Crippen LogP contribution in [0, 0.1) is 28.6 Å². The van der Waals surface area contributed by atoms with E-state index in [2.05, 4.69) is 16.0 Å². The first-order valence-corrected chi connectivity index (χ1v) is 21.5. The van der Waals surface area contributed by atoms with E-state index in [1.54, 1.807) is 37.3 Å². The van der Waals surface area contributed by atoms with E-state index >= 15 is 8.78 Å². The van der Waals surface area contributed by atoms with Crippen LogP contribution < -0.4 is 20.7 Å². The van der Waals surface area contributed by atoms with E-state index in [0.717, 1.165) is 23.1 Å². The maximum absolute atomic E-state index is 17.7. The van der Waals surface area contributed by atoms with E-state index in [1.165, 1.54) is 51.1 Å². The summed E-state index contributed by atoms with van der Waals surface area (Å²) in [6, 6.07) is 10.5. The Labute approximate surface area is 373 Å². The molecule has 4 aliphatic carbocycles. The zero-order valence-electron chi connectivity index (χ0n) is 36.2. The molecule has 0 aromatic heterocycles. The molecule has 0 bridgehead atoms. The summed E-state index contributed by atoms with van der Waals surface area (Å²) in [5.74, 6) is -6.14. The van der Waals surface area contributed by atoms with E-state index in [9.17, 15) is 48.9 Å². The summed E-state index contributed by atoms with van der Waals surface area (Å²) in [6.45, 7) is 5.04. The maximum atomic E-state index is 17.7. The molecular weight excluding hydrogens is 851 g/mol. The van der Waals surface area contributed by atoms with Crippen molar-refractivity contribution in [3.63, 3.8) is 0 Å². The SMILES string of the molecule is CC(NC(=O)CCN1C(=O)C=CC1=O)C(=O)N[C@@H](C)C(=O)Nc1cccc(Oc2ccc([C@@H](O)O[C@@H]3C[C@H]4C5C[C@H](F)C6=CC(=O)C=CC6(C)[C@@]5(F)C(O)CC4(C)C3C(=O)CO)cc2)c1. The summed E-state index contributed by atoms with van der Waals surface area (Å²) in [5, 5.41) is 40.7. The number of rotatable bonds is 15. The fourth-order valence-corrected chi connectivity index (χ4v) is 10.6. The molecule has 1 aliphatic heterocycles. The number of aliphatic hydroxyl groups is 3. The zero-order chi connectivity index (χ0) is 47.2. The lowest BCUT2D eigenvalue weighted by Crippen LogP contribution is -2.68. The first kappa shape index (κ1) is 47.0. The average molecular weight is 903 g/mol. The smallest absolute Gasteiger partial charge is 0.253 e. The van der Waals surface area contributed by atoms with Gasteiger partial charge in [0.2, 0.25) is 17.7 Å². The van der Waals surface area contributed by atoms with Crippen LogP contribution in [0.4, 0.5) is 14.5 Å². The van der Waals surface area contributed by atoms with Gasteiger partial charge in [0.1, 0.15) is 36.4 Å². The molecule has 7 rings (SSSR count). The number of benzene rings is 2. The number of nitrogens with zero attached hydrogens (tertiary/aromatic N) is 1. The van der Waals surface area contributed by atoms with Crippen molar-refractivity contribution in [3.05, 3.63) is 90.0 Å². The number of carbonyl (C=O) groups excluding carboxylic acids is 7. The Morgan fingerprint density at radius 3 is 2.26 bits per heavy atom. The maximum Gasteiger partial charge on any atom is 0.253 e. The predicted molar refractivity (Wildman–Crippen MR) is 227 cm³/mol. The number of nitrogens with one attached hydrogen (secondary N) is 3. The summed E-state index contributed by atoms with van der Waals surface area (Å²) in [6.07, 6.45) is -0.872. The highest BCUT2D eigenvalue weighted by Gasteiger charge is 2.73. The number of alkyl halides is 2. The Morgan fingerprint density at radius 1 is 0.908 bits per heavy atom. The number of allylic oxidation sites excluding steroid dienone is 4. The molecule has 6 N–H and O–H groups in total. The van der Waals surface area contributed by atoms with Crippen LogP contribution in [0.2, 0.25) is 0 Å².